The first-order chi connectivity index (χ1) is 8.71. The summed E-state index contributed by atoms with van der Waals surface area (Å²) in [4.78, 5) is 12.8. The molecule has 0 saturated heterocycles. The van der Waals surface area contributed by atoms with Crippen molar-refractivity contribution >= 4 is 11.6 Å². The fourth-order valence-corrected chi connectivity index (χ4v) is 1.45. The van der Waals surface area contributed by atoms with E-state index in [1.165, 1.54) is 0 Å². The predicted molar refractivity (Wildman–Crippen MR) is 67.3 cm³/mol. The first-order valence-electron chi connectivity index (χ1n) is 5.80. The van der Waals surface area contributed by atoms with E-state index in [0.717, 1.165) is 23.9 Å². The minimum Gasteiger partial charge on any atom is -0.373 e. The second-order valence-corrected chi connectivity index (χ2v) is 3.75. The van der Waals surface area contributed by atoms with Crippen LogP contribution in [0.4, 0.5) is 11.6 Å². The van der Waals surface area contributed by atoms with E-state index in [2.05, 4.69) is 30.7 Å². The average Bonchev–Trinajstić information content (AvgIpc) is 2.81. The van der Waals surface area contributed by atoms with Crippen molar-refractivity contribution in [2.75, 3.05) is 17.7 Å². The first-order valence-corrected chi connectivity index (χ1v) is 5.80. The smallest absolute Gasteiger partial charge is 0.245 e. The second kappa shape index (κ2) is 5.44. The molecule has 0 saturated carbocycles. The molecule has 0 amide bonds. The quantitative estimate of drug-likeness (QED) is 0.826. The molecule has 2 N–H and O–H groups in total. The minimum absolute atomic E-state index is 0.449. The normalized spacial score (nSPS) is 10.4. The van der Waals surface area contributed by atoms with Crippen LogP contribution in [-0.4, -0.2) is 27.2 Å². The third-order valence-corrected chi connectivity index (χ3v) is 2.34. The molecule has 0 fully saturated rings. The fourth-order valence-electron chi connectivity index (χ4n) is 1.45. The zero-order chi connectivity index (χ0) is 13.0. The van der Waals surface area contributed by atoms with E-state index < -0.39 is 0 Å². The number of aryl methyl sites for hydroxylation is 2. The van der Waals surface area contributed by atoms with Gasteiger partial charge in [0.05, 0.1) is 6.54 Å². The number of nitrogens with one attached hydrogen (secondary N) is 2. The highest BCUT2D eigenvalue weighted by molar-refractivity contribution is 5.47. The van der Waals surface area contributed by atoms with Gasteiger partial charge in [0, 0.05) is 19.5 Å². The maximum atomic E-state index is 5.02. The first kappa shape index (κ1) is 12.3. The SMILES string of the molecule is CCc1nc(NC)cc(NCc2nc(C)no2)n1. The topological polar surface area (TPSA) is 88.8 Å². The molecule has 0 aliphatic carbocycles. The largest absolute Gasteiger partial charge is 0.373 e. The van der Waals surface area contributed by atoms with E-state index in [-0.39, 0.29) is 0 Å². The molecular weight excluding hydrogens is 232 g/mol. The highest BCUT2D eigenvalue weighted by Gasteiger charge is 2.05. The van der Waals surface area contributed by atoms with E-state index >= 15 is 0 Å². The van der Waals surface area contributed by atoms with Gasteiger partial charge < -0.3 is 15.2 Å². The van der Waals surface area contributed by atoms with Crippen LogP contribution in [0.1, 0.15) is 24.5 Å². The molecule has 0 radical (unpaired) electrons. The summed E-state index contributed by atoms with van der Waals surface area (Å²) in [6.07, 6.45) is 0.782. The van der Waals surface area contributed by atoms with E-state index in [9.17, 15) is 0 Å². The molecule has 2 heterocycles. The molecule has 18 heavy (non-hydrogen) atoms. The molecular formula is C11H16N6O. The standard InChI is InChI=1S/C11H16N6O/c1-4-8-15-9(12-3)5-10(16-8)13-6-11-14-7(2)17-18-11/h5H,4,6H2,1-3H3,(H2,12,13,15,16). The Balaban J connectivity index is 2.08. The molecule has 0 aliphatic rings. The van der Waals surface area contributed by atoms with Crippen molar-refractivity contribution in [2.24, 2.45) is 0 Å². The Morgan fingerprint density at radius 1 is 1.22 bits per heavy atom. The van der Waals surface area contributed by atoms with Crippen LogP contribution in [0.25, 0.3) is 0 Å². The molecule has 96 valence electrons. The van der Waals surface area contributed by atoms with Gasteiger partial charge in [-0.2, -0.15) is 4.98 Å². The number of nitrogens with zero attached hydrogens (tertiary/aromatic N) is 4. The molecule has 7 heteroatoms. The van der Waals surface area contributed by atoms with E-state index in [0.29, 0.717) is 18.3 Å². The summed E-state index contributed by atoms with van der Waals surface area (Å²) < 4.78 is 5.02. The molecule has 0 spiro atoms. The molecule has 2 aromatic rings. The van der Waals surface area contributed by atoms with Crippen molar-refractivity contribution in [2.45, 2.75) is 26.8 Å². The molecule has 0 unspecified atom stereocenters. The number of anilines is 2. The van der Waals surface area contributed by atoms with Gasteiger partial charge in [0.25, 0.3) is 0 Å². The van der Waals surface area contributed by atoms with Crippen LogP contribution in [0.3, 0.4) is 0 Å². The lowest BCUT2D eigenvalue weighted by atomic mass is 10.4. The lowest BCUT2D eigenvalue weighted by molar-refractivity contribution is 0.379. The second-order valence-electron chi connectivity index (χ2n) is 3.75. The highest BCUT2D eigenvalue weighted by atomic mass is 16.5. The van der Waals surface area contributed by atoms with E-state index in [1.807, 2.05) is 20.0 Å². The van der Waals surface area contributed by atoms with Crippen LogP contribution in [0.15, 0.2) is 10.6 Å². The van der Waals surface area contributed by atoms with Gasteiger partial charge in [-0.05, 0) is 6.92 Å². The highest BCUT2D eigenvalue weighted by Crippen LogP contribution is 2.12. The van der Waals surface area contributed by atoms with Crippen molar-refractivity contribution in [1.29, 1.82) is 0 Å². The van der Waals surface area contributed by atoms with Crippen molar-refractivity contribution in [3.8, 4) is 0 Å². The number of rotatable bonds is 5. The number of hydrogen-bond acceptors (Lipinski definition) is 7. The molecule has 0 aromatic carbocycles. The lowest BCUT2D eigenvalue weighted by Crippen LogP contribution is -2.06. The fraction of sp³-hybridized carbons (Fsp3) is 0.455. The lowest BCUT2D eigenvalue weighted by Gasteiger charge is -2.07. The Labute approximate surface area is 105 Å². The Hall–Kier alpha value is -2.18. The summed E-state index contributed by atoms with van der Waals surface area (Å²) in [7, 11) is 1.83. The molecule has 7 nitrogen and oxygen atoms in total. The van der Waals surface area contributed by atoms with Crippen molar-refractivity contribution in [1.82, 2.24) is 20.1 Å². The summed E-state index contributed by atoms with van der Waals surface area (Å²) in [6.45, 7) is 4.25. The van der Waals surface area contributed by atoms with Crippen molar-refractivity contribution < 1.29 is 4.52 Å². The van der Waals surface area contributed by atoms with Crippen LogP contribution in [0, 0.1) is 6.92 Å². The maximum Gasteiger partial charge on any atom is 0.245 e. The summed E-state index contributed by atoms with van der Waals surface area (Å²) in [5.74, 6) is 3.47. The van der Waals surface area contributed by atoms with Crippen LogP contribution in [0.5, 0.6) is 0 Å². The van der Waals surface area contributed by atoms with Gasteiger partial charge in [-0.15, -0.1) is 0 Å². The Morgan fingerprint density at radius 2 is 2.00 bits per heavy atom. The molecule has 2 aromatic heterocycles. The van der Waals surface area contributed by atoms with Gasteiger partial charge in [0.2, 0.25) is 5.89 Å². The molecule has 0 aliphatic heterocycles. The summed E-state index contributed by atoms with van der Waals surface area (Å²) in [5, 5.41) is 9.86. The summed E-state index contributed by atoms with van der Waals surface area (Å²) in [6, 6.07) is 1.84. The predicted octanol–water partition coefficient (Wildman–Crippen LogP) is 1.38. The van der Waals surface area contributed by atoms with Crippen molar-refractivity contribution in [3.63, 3.8) is 0 Å². The van der Waals surface area contributed by atoms with Gasteiger partial charge in [0.1, 0.15) is 17.5 Å². The van der Waals surface area contributed by atoms with Crippen LogP contribution >= 0.6 is 0 Å². The van der Waals surface area contributed by atoms with E-state index in [1.54, 1.807) is 6.92 Å². The van der Waals surface area contributed by atoms with E-state index in [4.69, 9.17) is 4.52 Å². The zero-order valence-corrected chi connectivity index (χ0v) is 10.7. The van der Waals surface area contributed by atoms with Gasteiger partial charge in [0.15, 0.2) is 5.82 Å². The van der Waals surface area contributed by atoms with Gasteiger partial charge in [-0.25, -0.2) is 9.97 Å². The molecule has 2 rings (SSSR count). The third kappa shape index (κ3) is 2.93. The van der Waals surface area contributed by atoms with Crippen molar-refractivity contribution in [3.05, 3.63) is 23.6 Å². The third-order valence-electron chi connectivity index (χ3n) is 2.34. The van der Waals surface area contributed by atoms with Gasteiger partial charge in [-0.3, -0.25) is 0 Å². The summed E-state index contributed by atoms with van der Waals surface area (Å²) >= 11 is 0. The number of hydrogen-bond donors (Lipinski definition) is 2. The minimum atomic E-state index is 0.449. The van der Waals surface area contributed by atoms with Gasteiger partial charge >= 0.3 is 0 Å². The maximum absolute atomic E-state index is 5.02. The molecule has 0 bridgehead atoms. The molecule has 0 atom stereocenters. The van der Waals surface area contributed by atoms with Crippen LogP contribution in [-0.2, 0) is 13.0 Å². The van der Waals surface area contributed by atoms with Gasteiger partial charge in [-0.1, -0.05) is 12.1 Å². The monoisotopic (exact) mass is 248 g/mol. The number of aromatic nitrogens is 4. The zero-order valence-electron chi connectivity index (χ0n) is 10.7. The Morgan fingerprint density at radius 3 is 2.61 bits per heavy atom. The average molecular weight is 248 g/mol. The summed E-state index contributed by atoms with van der Waals surface area (Å²) in [5.41, 5.74) is 0. The van der Waals surface area contributed by atoms with Crippen LogP contribution < -0.4 is 10.6 Å². The Bertz CT molecular complexity index is 502. The van der Waals surface area contributed by atoms with Crippen LogP contribution in [0.2, 0.25) is 0 Å². The Kier molecular flexibility index (Phi) is 3.71.